The highest BCUT2D eigenvalue weighted by Gasteiger charge is 2.44. The van der Waals surface area contributed by atoms with Gasteiger partial charge in [0.25, 0.3) is 0 Å². The Balaban J connectivity index is 2.32. The van der Waals surface area contributed by atoms with Gasteiger partial charge in [-0.3, -0.25) is 4.90 Å². The van der Waals surface area contributed by atoms with Gasteiger partial charge in [0.1, 0.15) is 17.0 Å². The fraction of sp³-hybridized carbons (Fsp3) is 0.467. The molecule has 120 valence electrons. The van der Waals surface area contributed by atoms with Gasteiger partial charge in [-0.2, -0.15) is 0 Å². The van der Waals surface area contributed by atoms with Crippen molar-refractivity contribution in [2.75, 3.05) is 5.75 Å². The van der Waals surface area contributed by atoms with Crippen LogP contribution in [-0.2, 0) is 9.53 Å². The molecule has 0 bridgehead atoms. The van der Waals surface area contributed by atoms with E-state index in [9.17, 15) is 14.7 Å². The third kappa shape index (κ3) is 3.87. The van der Waals surface area contributed by atoms with Crippen molar-refractivity contribution in [1.82, 2.24) is 4.90 Å². The van der Waals surface area contributed by atoms with Crippen molar-refractivity contribution < 1.29 is 19.4 Å². The number of amides is 1. The average molecular weight is 344 g/mol. The predicted octanol–water partition coefficient (Wildman–Crippen LogP) is 3.78. The van der Waals surface area contributed by atoms with E-state index in [4.69, 9.17) is 16.3 Å². The van der Waals surface area contributed by atoms with E-state index in [1.807, 2.05) is 6.07 Å². The minimum Gasteiger partial charge on any atom is -0.480 e. The standard InChI is InChI=1S/C15H18ClNO4S/c1-15(2,3)21-14(20)17-11(13(18)19)8-22-12(17)9-5-4-6-10(16)7-9/h4-7,11-12H,8H2,1-3H3,(H,18,19)/t11-,12+/m1/s1. The number of hydrogen-bond donors (Lipinski definition) is 1. The summed E-state index contributed by atoms with van der Waals surface area (Å²) < 4.78 is 5.36. The van der Waals surface area contributed by atoms with Gasteiger partial charge in [0.15, 0.2) is 0 Å². The zero-order valence-corrected chi connectivity index (χ0v) is 14.1. The highest BCUT2D eigenvalue weighted by molar-refractivity contribution is 7.99. The molecule has 1 aromatic carbocycles. The maximum Gasteiger partial charge on any atom is 0.412 e. The molecule has 1 heterocycles. The van der Waals surface area contributed by atoms with Crippen LogP contribution in [0.4, 0.5) is 4.79 Å². The van der Waals surface area contributed by atoms with Gasteiger partial charge in [-0.05, 0) is 38.5 Å². The minimum atomic E-state index is -1.04. The van der Waals surface area contributed by atoms with Gasteiger partial charge in [-0.1, -0.05) is 23.7 Å². The highest BCUT2D eigenvalue weighted by Crippen LogP contribution is 2.42. The molecule has 2 atom stereocenters. The summed E-state index contributed by atoms with van der Waals surface area (Å²) >= 11 is 7.38. The number of carbonyl (C=O) groups excluding carboxylic acids is 1. The molecule has 1 amide bonds. The second kappa shape index (κ2) is 6.38. The van der Waals surface area contributed by atoms with Crippen LogP contribution in [0.1, 0.15) is 31.7 Å². The molecule has 5 nitrogen and oxygen atoms in total. The van der Waals surface area contributed by atoms with E-state index >= 15 is 0 Å². The van der Waals surface area contributed by atoms with E-state index < -0.39 is 29.1 Å². The Hall–Kier alpha value is -1.40. The van der Waals surface area contributed by atoms with Crippen LogP contribution >= 0.6 is 23.4 Å². The lowest BCUT2D eigenvalue weighted by molar-refractivity contribution is -0.142. The Morgan fingerprint density at radius 3 is 2.64 bits per heavy atom. The molecule has 0 aliphatic carbocycles. The first-order chi connectivity index (χ1) is 10.2. The van der Waals surface area contributed by atoms with Gasteiger partial charge >= 0.3 is 12.1 Å². The van der Waals surface area contributed by atoms with Gasteiger partial charge in [-0.15, -0.1) is 11.8 Å². The van der Waals surface area contributed by atoms with Crippen molar-refractivity contribution in [2.45, 2.75) is 37.8 Å². The molecule has 0 unspecified atom stereocenters. The molecule has 22 heavy (non-hydrogen) atoms. The Labute approximate surface area is 138 Å². The topological polar surface area (TPSA) is 66.8 Å². The third-order valence-corrected chi connectivity index (χ3v) is 4.58. The van der Waals surface area contributed by atoms with Gasteiger partial charge in [-0.25, -0.2) is 9.59 Å². The molecular weight excluding hydrogens is 326 g/mol. The molecule has 1 aromatic rings. The van der Waals surface area contributed by atoms with Crippen molar-refractivity contribution in [1.29, 1.82) is 0 Å². The number of hydrogen-bond acceptors (Lipinski definition) is 4. The summed E-state index contributed by atoms with van der Waals surface area (Å²) in [5, 5.41) is 9.48. The monoisotopic (exact) mass is 343 g/mol. The SMILES string of the molecule is CC(C)(C)OC(=O)N1[C@@H](C(=O)O)CS[C@H]1c1cccc(Cl)c1. The van der Waals surface area contributed by atoms with Crippen LogP contribution in [0.2, 0.25) is 5.02 Å². The zero-order chi connectivity index (χ0) is 16.5. The fourth-order valence-electron chi connectivity index (χ4n) is 2.15. The lowest BCUT2D eigenvalue weighted by Crippen LogP contribution is -2.45. The van der Waals surface area contributed by atoms with Crippen LogP contribution in [0.25, 0.3) is 0 Å². The summed E-state index contributed by atoms with van der Waals surface area (Å²) in [6, 6.07) is 6.16. The number of nitrogens with zero attached hydrogens (tertiary/aromatic N) is 1. The summed E-state index contributed by atoms with van der Waals surface area (Å²) in [5.41, 5.74) is 0.0961. The van der Waals surface area contributed by atoms with Gasteiger partial charge < -0.3 is 9.84 Å². The molecule has 1 aliphatic heterocycles. The third-order valence-electron chi connectivity index (χ3n) is 3.02. The molecule has 1 fully saturated rings. The van der Waals surface area contributed by atoms with Crippen LogP contribution in [0.5, 0.6) is 0 Å². The van der Waals surface area contributed by atoms with E-state index in [1.54, 1.807) is 39.0 Å². The molecule has 1 saturated heterocycles. The lowest BCUT2D eigenvalue weighted by atomic mass is 10.2. The van der Waals surface area contributed by atoms with Gasteiger partial charge in [0.05, 0.1) is 0 Å². The molecule has 0 saturated carbocycles. The Morgan fingerprint density at radius 1 is 1.41 bits per heavy atom. The number of carbonyl (C=O) groups is 2. The van der Waals surface area contributed by atoms with Crippen LogP contribution in [0.3, 0.4) is 0 Å². The second-order valence-electron chi connectivity index (χ2n) is 5.98. The average Bonchev–Trinajstić information content (AvgIpc) is 2.81. The molecule has 0 aromatic heterocycles. The number of carboxylic acid groups (broad SMARTS) is 1. The van der Waals surface area contributed by atoms with Crippen molar-refractivity contribution in [3.8, 4) is 0 Å². The summed E-state index contributed by atoms with van der Waals surface area (Å²) in [6.07, 6.45) is -0.630. The number of benzene rings is 1. The maximum absolute atomic E-state index is 12.4. The smallest absolute Gasteiger partial charge is 0.412 e. The second-order valence-corrected chi connectivity index (χ2v) is 7.53. The number of carboxylic acids is 1. The van der Waals surface area contributed by atoms with Crippen LogP contribution in [0, 0.1) is 0 Å². The van der Waals surface area contributed by atoms with Crippen molar-refractivity contribution in [3.63, 3.8) is 0 Å². The molecule has 7 heteroatoms. The summed E-state index contributed by atoms with van der Waals surface area (Å²) in [7, 11) is 0. The van der Waals surface area contributed by atoms with E-state index in [1.165, 1.54) is 16.7 Å². The number of thioether (sulfide) groups is 1. The Bertz CT molecular complexity index is 587. The van der Waals surface area contributed by atoms with Crippen LogP contribution in [0.15, 0.2) is 24.3 Å². The van der Waals surface area contributed by atoms with E-state index in [0.717, 1.165) is 5.56 Å². The normalized spacial score (nSPS) is 21.7. The molecule has 1 aliphatic rings. The van der Waals surface area contributed by atoms with E-state index in [0.29, 0.717) is 10.8 Å². The van der Waals surface area contributed by atoms with Crippen LogP contribution < -0.4 is 0 Å². The highest BCUT2D eigenvalue weighted by atomic mass is 35.5. The Kier molecular flexibility index (Phi) is 4.92. The summed E-state index contributed by atoms with van der Waals surface area (Å²) in [6.45, 7) is 5.24. The first kappa shape index (κ1) is 17.0. The number of halogens is 1. The molecule has 0 radical (unpaired) electrons. The number of ether oxygens (including phenoxy) is 1. The first-order valence-corrected chi connectivity index (χ1v) is 8.23. The molecule has 0 spiro atoms. The fourth-order valence-corrected chi connectivity index (χ4v) is 3.75. The number of aliphatic carboxylic acids is 1. The Morgan fingerprint density at radius 2 is 2.09 bits per heavy atom. The predicted molar refractivity (Wildman–Crippen MR) is 86.1 cm³/mol. The maximum atomic E-state index is 12.4. The van der Waals surface area contributed by atoms with Crippen LogP contribution in [-0.4, -0.2) is 39.5 Å². The lowest BCUT2D eigenvalue weighted by Gasteiger charge is -2.30. The molecule has 2 rings (SSSR count). The first-order valence-electron chi connectivity index (χ1n) is 6.80. The summed E-state index contributed by atoms with van der Waals surface area (Å²) in [5.74, 6) is -0.728. The molecule has 1 N–H and O–H groups in total. The van der Waals surface area contributed by atoms with Gasteiger partial charge in [0, 0.05) is 10.8 Å². The molecular formula is C15H18ClNO4S. The van der Waals surface area contributed by atoms with E-state index in [-0.39, 0.29) is 0 Å². The minimum absolute atomic E-state index is 0.311. The van der Waals surface area contributed by atoms with Crippen molar-refractivity contribution in [3.05, 3.63) is 34.9 Å². The van der Waals surface area contributed by atoms with Crippen molar-refractivity contribution >= 4 is 35.4 Å². The largest absolute Gasteiger partial charge is 0.480 e. The quantitative estimate of drug-likeness (QED) is 0.885. The summed E-state index contributed by atoms with van der Waals surface area (Å²) in [4.78, 5) is 25.2. The van der Waals surface area contributed by atoms with E-state index in [2.05, 4.69) is 0 Å². The van der Waals surface area contributed by atoms with Gasteiger partial charge in [0.2, 0.25) is 0 Å². The zero-order valence-electron chi connectivity index (χ0n) is 12.6. The number of rotatable bonds is 2. The van der Waals surface area contributed by atoms with Crippen molar-refractivity contribution in [2.24, 2.45) is 0 Å².